The van der Waals surface area contributed by atoms with Crippen LogP contribution in [0.25, 0.3) is 11.1 Å². The fraction of sp³-hybridized carbons (Fsp3) is 0.647. The number of rotatable bonds is 5. The van der Waals surface area contributed by atoms with Gasteiger partial charge in [-0.3, -0.25) is 9.80 Å². The minimum absolute atomic E-state index is 0.206. The highest BCUT2D eigenvalue weighted by molar-refractivity contribution is 5.67. The summed E-state index contributed by atoms with van der Waals surface area (Å²) in [7, 11) is 0. The zero-order chi connectivity index (χ0) is 26.4. The number of hydrogen-bond acceptors (Lipinski definition) is 2. The first-order valence-electron chi connectivity index (χ1n) is 14.6. The number of hydrogen-bond donors (Lipinski definition) is 0. The van der Waals surface area contributed by atoms with E-state index in [1.54, 1.807) is 11.1 Å². The van der Waals surface area contributed by atoms with E-state index in [0.717, 1.165) is 0 Å². The van der Waals surface area contributed by atoms with Crippen molar-refractivity contribution in [2.75, 3.05) is 13.1 Å². The molecule has 0 bridgehead atoms. The minimum atomic E-state index is 0.206. The normalized spacial score (nSPS) is 22.3. The third-order valence-electron chi connectivity index (χ3n) is 8.70. The Bertz CT molecular complexity index is 964. The van der Waals surface area contributed by atoms with E-state index in [0.29, 0.717) is 23.9 Å². The Kier molecular flexibility index (Phi) is 7.81. The standard InChI is InChI=1S/C34H52N2/c1-23(2)29-21-25(15-17-27(29)31-13-11-19-35(31)33(5,6)7)26-16-18-28(30(22-26)24(3)4)32-14-12-20-36(32)34(8,9)10/h15-18,21-24,31-32H,11-14,19-20H2,1-10H3/t31-,32?/m0/s1. The van der Waals surface area contributed by atoms with Crippen molar-refractivity contribution < 1.29 is 0 Å². The van der Waals surface area contributed by atoms with Crippen molar-refractivity contribution in [3.63, 3.8) is 0 Å². The molecule has 1 unspecified atom stereocenters. The van der Waals surface area contributed by atoms with Crippen molar-refractivity contribution in [2.45, 2.75) is 130 Å². The molecule has 2 nitrogen and oxygen atoms in total. The van der Waals surface area contributed by atoms with Crippen molar-refractivity contribution in [2.24, 2.45) is 0 Å². The summed E-state index contributed by atoms with van der Waals surface area (Å²) in [5.74, 6) is 1.04. The van der Waals surface area contributed by atoms with Crippen LogP contribution in [0.4, 0.5) is 0 Å². The molecule has 0 N–H and O–H groups in total. The molecule has 2 heterocycles. The lowest BCUT2D eigenvalue weighted by atomic mass is 9.85. The van der Waals surface area contributed by atoms with Crippen LogP contribution in [-0.4, -0.2) is 34.0 Å². The Morgan fingerprint density at radius 2 is 0.972 bits per heavy atom. The van der Waals surface area contributed by atoms with Gasteiger partial charge in [0, 0.05) is 23.2 Å². The first-order valence-corrected chi connectivity index (χ1v) is 14.6. The van der Waals surface area contributed by atoms with Gasteiger partial charge in [0.2, 0.25) is 0 Å². The maximum atomic E-state index is 2.72. The van der Waals surface area contributed by atoms with E-state index in [1.807, 2.05) is 0 Å². The average molecular weight is 489 g/mol. The molecule has 0 aliphatic carbocycles. The summed E-state index contributed by atoms with van der Waals surface area (Å²) in [6.45, 7) is 26.1. The summed E-state index contributed by atoms with van der Waals surface area (Å²) in [5, 5.41) is 0. The molecule has 2 aromatic rings. The van der Waals surface area contributed by atoms with Crippen molar-refractivity contribution in [1.29, 1.82) is 0 Å². The van der Waals surface area contributed by atoms with E-state index < -0.39 is 0 Å². The first-order chi connectivity index (χ1) is 16.8. The Labute approximate surface area is 222 Å². The van der Waals surface area contributed by atoms with Crippen molar-refractivity contribution in [1.82, 2.24) is 9.80 Å². The predicted octanol–water partition coefficient (Wildman–Crippen LogP) is 9.47. The number of nitrogens with zero attached hydrogens (tertiary/aromatic N) is 2. The van der Waals surface area contributed by atoms with Gasteiger partial charge in [-0.05, 0) is 126 Å². The second-order valence-electron chi connectivity index (χ2n) is 14.0. The lowest BCUT2D eigenvalue weighted by molar-refractivity contribution is 0.121. The minimum Gasteiger partial charge on any atom is -0.291 e. The van der Waals surface area contributed by atoms with Crippen molar-refractivity contribution >= 4 is 0 Å². The zero-order valence-electron chi connectivity index (χ0n) is 24.9. The van der Waals surface area contributed by atoms with Gasteiger partial charge in [-0.1, -0.05) is 64.1 Å². The summed E-state index contributed by atoms with van der Waals surface area (Å²) in [6, 6.07) is 15.8. The monoisotopic (exact) mass is 488 g/mol. The topological polar surface area (TPSA) is 6.48 Å². The van der Waals surface area contributed by atoms with Crippen LogP contribution in [-0.2, 0) is 0 Å². The van der Waals surface area contributed by atoms with E-state index in [2.05, 4.69) is 115 Å². The van der Waals surface area contributed by atoms with Gasteiger partial charge < -0.3 is 0 Å². The van der Waals surface area contributed by atoms with Crippen LogP contribution in [0.15, 0.2) is 36.4 Å². The molecule has 0 aromatic heterocycles. The van der Waals surface area contributed by atoms with Gasteiger partial charge in [0.25, 0.3) is 0 Å². The average Bonchev–Trinajstić information content (AvgIpc) is 3.48. The van der Waals surface area contributed by atoms with Crippen molar-refractivity contribution in [3.8, 4) is 11.1 Å². The second kappa shape index (κ2) is 10.3. The smallest absolute Gasteiger partial charge is 0.0356 e. The molecule has 0 spiro atoms. The van der Waals surface area contributed by atoms with Gasteiger partial charge in [0.05, 0.1) is 0 Å². The molecule has 2 fully saturated rings. The molecule has 2 heteroatoms. The lowest BCUT2D eigenvalue weighted by Crippen LogP contribution is -2.40. The maximum Gasteiger partial charge on any atom is 0.0356 e. The first kappa shape index (κ1) is 27.4. The third-order valence-corrected chi connectivity index (χ3v) is 8.70. The molecule has 2 aliphatic rings. The summed E-state index contributed by atoms with van der Waals surface area (Å²) in [6.07, 6.45) is 5.14. The molecule has 0 amide bonds. The van der Waals surface area contributed by atoms with Gasteiger partial charge in [0.15, 0.2) is 0 Å². The summed E-state index contributed by atoms with van der Waals surface area (Å²) >= 11 is 0. The zero-order valence-corrected chi connectivity index (χ0v) is 24.9. The van der Waals surface area contributed by atoms with Gasteiger partial charge >= 0.3 is 0 Å². The van der Waals surface area contributed by atoms with Crippen LogP contribution in [0.3, 0.4) is 0 Å². The molecule has 0 saturated carbocycles. The fourth-order valence-corrected chi connectivity index (χ4v) is 6.90. The van der Waals surface area contributed by atoms with Crippen LogP contribution >= 0.6 is 0 Å². The van der Waals surface area contributed by atoms with Gasteiger partial charge in [-0.25, -0.2) is 0 Å². The van der Waals surface area contributed by atoms with E-state index in [4.69, 9.17) is 0 Å². The summed E-state index contributed by atoms with van der Waals surface area (Å²) in [4.78, 5) is 5.45. The Hall–Kier alpha value is -1.64. The largest absolute Gasteiger partial charge is 0.291 e. The molecule has 198 valence electrons. The lowest BCUT2D eigenvalue weighted by Gasteiger charge is -2.38. The second-order valence-corrected chi connectivity index (χ2v) is 14.0. The highest BCUT2D eigenvalue weighted by atomic mass is 15.2. The molecule has 36 heavy (non-hydrogen) atoms. The molecule has 2 aliphatic heterocycles. The van der Waals surface area contributed by atoms with Gasteiger partial charge in [0.1, 0.15) is 0 Å². The van der Waals surface area contributed by atoms with E-state index in [9.17, 15) is 0 Å². The molecule has 4 rings (SSSR count). The molecular weight excluding hydrogens is 436 g/mol. The van der Waals surface area contributed by atoms with E-state index in [-0.39, 0.29) is 11.1 Å². The molecule has 2 atom stereocenters. The third kappa shape index (κ3) is 5.46. The van der Waals surface area contributed by atoms with E-state index >= 15 is 0 Å². The van der Waals surface area contributed by atoms with Gasteiger partial charge in [-0.15, -0.1) is 0 Å². The Morgan fingerprint density at radius 3 is 1.28 bits per heavy atom. The highest BCUT2D eigenvalue weighted by Gasteiger charge is 2.36. The fourth-order valence-electron chi connectivity index (χ4n) is 6.90. The molecule has 2 saturated heterocycles. The number of likely N-dealkylation sites (tertiary alicyclic amines) is 2. The summed E-state index contributed by atoms with van der Waals surface area (Å²) in [5.41, 5.74) is 9.30. The highest BCUT2D eigenvalue weighted by Crippen LogP contribution is 2.43. The maximum absolute atomic E-state index is 2.72. The SMILES string of the molecule is CC(C)c1cc(-c2ccc([C@@H]3CCCN3C(C)(C)C)c(C(C)C)c2)ccc1C1CCCN1C(C)(C)C. The molecule has 0 radical (unpaired) electrons. The van der Waals surface area contributed by atoms with Gasteiger partial charge in [-0.2, -0.15) is 0 Å². The Balaban J connectivity index is 1.73. The predicted molar refractivity (Wildman–Crippen MR) is 157 cm³/mol. The van der Waals surface area contributed by atoms with Crippen LogP contribution in [0.1, 0.15) is 141 Å². The molecule has 2 aromatic carbocycles. The van der Waals surface area contributed by atoms with E-state index in [1.165, 1.54) is 61.0 Å². The van der Waals surface area contributed by atoms with Crippen LogP contribution in [0.2, 0.25) is 0 Å². The molecular formula is C34H52N2. The van der Waals surface area contributed by atoms with Crippen LogP contribution in [0, 0.1) is 0 Å². The van der Waals surface area contributed by atoms with Crippen molar-refractivity contribution in [3.05, 3.63) is 58.7 Å². The van der Waals surface area contributed by atoms with Crippen LogP contribution < -0.4 is 0 Å². The van der Waals surface area contributed by atoms with Crippen LogP contribution in [0.5, 0.6) is 0 Å². The Morgan fingerprint density at radius 1 is 0.611 bits per heavy atom. The summed E-state index contributed by atoms with van der Waals surface area (Å²) < 4.78 is 0. The quantitative estimate of drug-likeness (QED) is 0.413. The number of benzene rings is 2.